The van der Waals surface area contributed by atoms with Crippen LogP contribution in [0.5, 0.6) is 0 Å². The Bertz CT molecular complexity index is 574. The average molecular weight is 309 g/mol. The smallest absolute Gasteiger partial charge is 0.186 e. The molecule has 0 saturated carbocycles. The zero-order valence-electron chi connectivity index (χ0n) is 11.5. The molecule has 2 atom stereocenters. The van der Waals surface area contributed by atoms with Gasteiger partial charge in [-0.3, -0.25) is 0 Å². The van der Waals surface area contributed by atoms with E-state index in [1.54, 1.807) is 11.3 Å². The molecule has 20 heavy (non-hydrogen) atoms. The Morgan fingerprint density at radius 1 is 1.20 bits per heavy atom. The number of rotatable bonds is 2. The summed E-state index contributed by atoms with van der Waals surface area (Å²) in [7, 11) is 0. The molecule has 3 nitrogen and oxygen atoms in total. The molecule has 3 rings (SSSR count). The summed E-state index contributed by atoms with van der Waals surface area (Å²) in [5.41, 5.74) is 2.11. The fourth-order valence-electron chi connectivity index (χ4n) is 2.50. The summed E-state index contributed by atoms with van der Waals surface area (Å²) in [6.07, 6.45) is 0.503. The van der Waals surface area contributed by atoms with E-state index in [2.05, 4.69) is 24.1 Å². The molecule has 1 saturated heterocycles. The second kappa shape index (κ2) is 5.72. The number of morpholine rings is 1. The summed E-state index contributed by atoms with van der Waals surface area (Å²) >= 11 is 7.60. The second-order valence-electron chi connectivity index (χ2n) is 5.18. The third-order valence-corrected chi connectivity index (χ3v) is 4.48. The van der Waals surface area contributed by atoms with Crippen molar-refractivity contribution in [2.75, 3.05) is 18.0 Å². The molecule has 5 heteroatoms. The van der Waals surface area contributed by atoms with Crippen molar-refractivity contribution in [2.45, 2.75) is 26.1 Å². The van der Waals surface area contributed by atoms with E-state index in [1.165, 1.54) is 0 Å². The van der Waals surface area contributed by atoms with Gasteiger partial charge in [0.2, 0.25) is 0 Å². The lowest BCUT2D eigenvalue weighted by Crippen LogP contribution is -2.45. The van der Waals surface area contributed by atoms with E-state index in [9.17, 15) is 0 Å². The Balaban J connectivity index is 1.81. The van der Waals surface area contributed by atoms with Crippen molar-refractivity contribution in [1.82, 2.24) is 4.98 Å². The third-order valence-electron chi connectivity index (χ3n) is 3.32. The predicted molar refractivity (Wildman–Crippen MR) is 84.8 cm³/mol. The standard InChI is InChI=1S/C15H17ClN2OS/c1-10-7-18(8-11(2)19-10)15-17-14(9-20-15)12-3-5-13(16)6-4-12/h3-6,9-11H,7-8H2,1-2H3/t10-,11+. The molecule has 1 aromatic heterocycles. The fraction of sp³-hybridized carbons (Fsp3) is 0.400. The van der Waals surface area contributed by atoms with Crippen molar-refractivity contribution in [3.05, 3.63) is 34.7 Å². The van der Waals surface area contributed by atoms with E-state index >= 15 is 0 Å². The first kappa shape index (κ1) is 13.9. The number of anilines is 1. The van der Waals surface area contributed by atoms with Crippen LogP contribution in [0.4, 0.5) is 5.13 Å². The van der Waals surface area contributed by atoms with E-state index in [1.807, 2.05) is 24.3 Å². The van der Waals surface area contributed by atoms with Crippen LogP contribution in [-0.4, -0.2) is 30.3 Å². The van der Waals surface area contributed by atoms with Crippen molar-refractivity contribution in [3.63, 3.8) is 0 Å². The molecule has 1 aromatic carbocycles. The largest absolute Gasteiger partial charge is 0.372 e. The quantitative estimate of drug-likeness (QED) is 0.836. The maximum absolute atomic E-state index is 5.92. The topological polar surface area (TPSA) is 25.4 Å². The molecule has 0 aliphatic carbocycles. The maximum atomic E-state index is 5.92. The highest BCUT2D eigenvalue weighted by molar-refractivity contribution is 7.14. The molecule has 1 aliphatic rings. The molecule has 0 amide bonds. The number of thiazole rings is 1. The summed E-state index contributed by atoms with van der Waals surface area (Å²) in [5.74, 6) is 0. The highest BCUT2D eigenvalue weighted by Gasteiger charge is 2.24. The molecule has 1 fully saturated rings. The van der Waals surface area contributed by atoms with Crippen molar-refractivity contribution < 1.29 is 4.74 Å². The van der Waals surface area contributed by atoms with E-state index in [0.717, 1.165) is 34.5 Å². The Hall–Kier alpha value is -1.10. The van der Waals surface area contributed by atoms with Crippen LogP contribution in [0, 0.1) is 0 Å². The van der Waals surface area contributed by atoms with Gasteiger partial charge in [-0.15, -0.1) is 11.3 Å². The summed E-state index contributed by atoms with van der Waals surface area (Å²) in [4.78, 5) is 7.06. The molecule has 1 aliphatic heterocycles. The molecule has 2 heterocycles. The van der Waals surface area contributed by atoms with Gasteiger partial charge in [0.05, 0.1) is 17.9 Å². The van der Waals surface area contributed by atoms with Gasteiger partial charge in [-0.1, -0.05) is 23.7 Å². The number of ether oxygens (including phenoxy) is 1. The lowest BCUT2D eigenvalue weighted by atomic mass is 10.2. The van der Waals surface area contributed by atoms with Crippen molar-refractivity contribution in [2.24, 2.45) is 0 Å². The van der Waals surface area contributed by atoms with Crippen LogP contribution in [-0.2, 0) is 4.74 Å². The van der Waals surface area contributed by atoms with E-state index < -0.39 is 0 Å². The van der Waals surface area contributed by atoms with Crippen molar-refractivity contribution >= 4 is 28.1 Å². The monoisotopic (exact) mass is 308 g/mol. The Kier molecular flexibility index (Phi) is 3.96. The number of hydrogen-bond donors (Lipinski definition) is 0. The van der Waals surface area contributed by atoms with E-state index in [0.29, 0.717) is 0 Å². The molecule has 0 bridgehead atoms. The number of benzene rings is 1. The lowest BCUT2D eigenvalue weighted by Gasteiger charge is -2.35. The van der Waals surface area contributed by atoms with Crippen LogP contribution in [0.3, 0.4) is 0 Å². The zero-order valence-corrected chi connectivity index (χ0v) is 13.1. The first-order valence-electron chi connectivity index (χ1n) is 6.73. The summed E-state index contributed by atoms with van der Waals surface area (Å²) in [6.45, 7) is 6.02. The van der Waals surface area contributed by atoms with Crippen LogP contribution in [0.15, 0.2) is 29.6 Å². The van der Waals surface area contributed by atoms with E-state index in [4.69, 9.17) is 21.3 Å². The van der Waals surface area contributed by atoms with Gasteiger partial charge < -0.3 is 9.64 Å². The first-order valence-corrected chi connectivity index (χ1v) is 7.99. The highest BCUT2D eigenvalue weighted by atomic mass is 35.5. The van der Waals surface area contributed by atoms with Gasteiger partial charge in [0.15, 0.2) is 5.13 Å². The maximum Gasteiger partial charge on any atom is 0.186 e. The molecular weight excluding hydrogens is 292 g/mol. The molecule has 2 aromatic rings. The minimum absolute atomic E-state index is 0.252. The predicted octanol–water partition coefficient (Wildman–Crippen LogP) is 4.08. The Morgan fingerprint density at radius 3 is 2.50 bits per heavy atom. The Labute approximate surface area is 128 Å². The average Bonchev–Trinajstić information content (AvgIpc) is 2.88. The summed E-state index contributed by atoms with van der Waals surface area (Å²) in [5, 5.41) is 3.92. The molecule has 0 radical (unpaired) electrons. The second-order valence-corrected chi connectivity index (χ2v) is 6.46. The van der Waals surface area contributed by atoms with Crippen LogP contribution in [0.2, 0.25) is 5.02 Å². The number of nitrogens with zero attached hydrogens (tertiary/aromatic N) is 2. The Morgan fingerprint density at radius 2 is 1.85 bits per heavy atom. The minimum atomic E-state index is 0.252. The van der Waals surface area contributed by atoms with Gasteiger partial charge >= 0.3 is 0 Å². The lowest BCUT2D eigenvalue weighted by molar-refractivity contribution is -0.00522. The van der Waals surface area contributed by atoms with Crippen LogP contribution in [0.1, 0.15) is 13.8 Å². The summed E-state index contributed by atoms with van der Waals surface area (Å²) in [6, 6.07) is 7.81. The molecular formula is C15H17ClN2OS. The van der Waals surface area contributed by atoms with Crippen LogP contribution >= 0.6 is 22.9 Å². The fourth-order valence-corrected chi connectivity index (χ4v) is 3.48. The molecule has 0 unspecified atom stereocenters. The van der Waals surface area contributed by atoms with E-state index in [-0.39, 0.29) is 12.2 Å². The van der Waals surface area contributed by atoms with Crippen LogP contribution < -0.4 is 4.90 Å². The molecule has 106 valence electrons. The third kappa shape index (κ3) is 2.97. The summed E-state index contributed by atoms with van der Waals surface area (Å²) < 4.78 is 5.76. The highest BCUT2D eigenvalue weighted by Crippen LogP contribution is 2.29. The number of halogens is 1. The number of hydrogen-bond acceptors (Lipinski definition) is 4. The molecule has 0 N–H and O–H groups in total. The van der Waals surface area contributed by atoms with Gasteiger partial charge in [-0.2, -0.15) is 0 Å². The van der Waals surface area contributed by atoms with Gasteiger partial charge in [-0.25, -0.2) is 4.98 Å². The van der Waals surface area contributed by atoms with Crippen LogP contribution in [0.25, 0.3) is 11.3 Å². The van der Waals surface area contributed by atoms with Gasteiger partial charge in [0.1, 0.15) is 0 Å². The SMILES string of the molecule is C[C@@H]1CN(c2nc(-c3ccc(Cl)cc3)cs2)C[C@H](C)O1. The first-order chi connectivity index (χ1) is 9.61. The van der Waals surface area contributed by atoms with Gasteiger partial charge in [0.25, 0.3) is 0 Å². The minimum Gasteiger partial charge on any atom is -0.372 e. The van der Waals surface area contributed by atoms with Crippen molar-refractivity contribution in [3.8, 4) is 11.3 Å². The van der Waals surface area contributed by atoms with Gasteiger partial charge in [0, 0.05) is 29.1 Å². The van der Waals surface area contributed by atoms with Gasteiger partial charge in [-0.05, 0) is 26.0 Å². The zero-order chi connectivity index (χ0) is 14.1. The number of aromatic nitrogens is 1. The normalized spacial score (nSPS) is 23.1. The molecule has 0 spiro atoms. The van der Waals surface area contributed by atoms with Crippen molar-refractivity contribution in [1.29, 1.82) is 0 Å².